The van der Waals surface area contributed by atoms with Gasteiger partial charge in [-0.1, -0.05) is 26.0 Å². The SMILES string of the molecule is C=C(C)C(=O)OCCCC.O=C(O)C1=CCC1. The lowest BCUT2D eigenvalue weighted by Gasteiger charge is -2.06. The first-order valence-corrected chi connectivity index (χ1v) is 5.74. The van der Waals surface area contributed by atoms with Crippen LogP contribution in [0.15, 0.2) is 23.8 Å². The van der Waals surface area contributed by atoms with Crippen molar-refractivity contribution in [2.24, 2.45) is 0 Å². The van der Waals surface area contributed by atoms with Crippen molar-refractivity contribution >= 4 is 11.9 Å². The highest BCUT2D eigenvalue weighted by Crippen LogP contribution is 2.16. The highest BCUT2D eigenvalue weighted by molar-refractivity contribution is 5.88. The fourth-order valence-corrected chi connectivity index (χ4v) is 0.915. The number of unbranched alkanes of at least 4 members (excludes halogenated alkanes) is 1. The number of rotatable bonds is 5. The Hall–Kier alpha value is -1.58. The first-order chi connectivity index (χ1) is 7.99. The Balaban J connectivity index is 0.000000318. The quantitative estimate of drug-likeness (QED) is 0.456. The van der Waals surface area contributed by atoms with Crippen molar-refractivity contribution < 1.29 is 19.4 Å². The summed E-state index contributed by atoms with van der Waals surface area (Å²) in [5, 5.41) is 8.16. The van der Waals surface area contributed by atoms with E-state index in [1.54, 1.807) is 13.0 Å². The van der Waals surface area contributed by atoms with Crippen molar-refractivity contribution in [3.8, 4) is 0 Å². The molecule has 0 heterocycles. The summed E-state index contributed by atoms with van der Waals surface area (Å²) in [6, 6.07) is 0. The van der Waals surface area contributed by atoms with Gasteiger partial charge in [-0.25, -0.2) is 9.59 Å². The van der Waals surface area contributed by atoms with Gasteiger partial charge in [-0.2, -0.15) is 0 Å². The van der Waals surface area contributed by atoms with Crippen LogP contribution in [0, 0.1) is 0 Å². The average molecular weight is 240 g/mol. The summed E-state index contributed by atoms with van der Waals surface area (Å²) < 4.78 is 4.81. The van der Waals surface area contributed by atoms with Gasteiger partial charge in [0.25, 0.3) is 0 Å². The molecule has 0 saturated carbocycles. The molecule has 4 heteroatoms. The third kappa shape index (κ3) is 7.33. The lowest BCUT2D eigenvalue weighted by Crippen LogP contribution is -2.05. The van der Waals surface area contributed by atoms with Crippen molar-refractivity contribution in [1.82, 2.24) is 0 Å². The molecule has 0 unspecified atom stereocenters. The summed E-state index contributed by atoms with van der Waals surface area (Å²) in [6.07, 6.45) is 5.42. The highest BCUT2D eigenvalue weighted by Gasteiger charge is 2.11. The largest absolute Gasteiger partial charge is 0.478 e. The number of carboxylic acids is 1. The topological polar surface area (TPSA) is 63.6 Å². The van der Waals surface area contributed by atoms with Gasteiger partial charge < -0.3 is 9.84 Å². The maximum atomic E-state index is 10.7. The van der Waals surface area contributed by atoms with Crippen molar-refractivity contribution in [3.05, 3.63) is 23.8 Å². The van der Waals surface area contributed by atoms with E-state index < -0.39 is 5.97 Å². The minimum Gasteiger partial charge on any atom is -0.478 e. The number of aliphatic carboxylic acids is 1. The summed E-state index contributed by atoms with van der Waals surface area (Å²) in [6.45, 7) is 7.67. The molecule has 0 fully saturated rings. The molecule has 1 N–H and O–H groups in total. The Morgan fingerprint density at radius 2 is 2.12 bits per heavy atom. The predicted molar refractivity (Wildman–Crippen MR) is 65.6 cm³/mol. The lowest BCUT2D eigenvalue weighted by atomic mass is 10.00. The van der Waals surface area contributed by atoms with Crippen molar-refractivity contribution in [1.29, 1.82) is 0 Å². The molecule has 0 atom stereocenters. The van der Waals surface area contributed by atoms with E-state index in [9.17, 15) is 9.59 Å². The minimum absolute atomic E-state index is 0.284. The van der Waals surface area contributed by atoms with E-state index in [0.717, 1.165) is 25.7 Å². The van der Waals surface area contributed by atoms with Crippen molar-refractivity contribution in [3.63, 3.8) is 0 Å². The number of esters is 1. The van der Waals surface area contributed by atoms with Crippen LogP contribution in [-0.4, -0.2) is 23.7 Å². The molecular weight excluding hydrogens is 220 g/mol. The maximum Gasteiger partial charge on any atom is 0.333 e. The van der Waals surface area contributed by atoms with Crippen molar-refractivity contribution in [2.45, 2.75) is 39.5 Å². The number of hydrogen-bond donors (Lipinski definition) is 1. The van der Waals surface area contributed by atoms with Gasteiger partial charge in [0.1, 0.15) is 0 Å². The second-order valence-corrected chi connectivity index (χ2v) is 3.84. The first kappa shape index (κ1) is 15.4. The number of hydrogen-bond acceptors (Lipinski definition) is 3. The summed E-state index contributed by atoms with van der Waals surface area (Å²) in [5.41, 5.74) is 1.04. The van der Waals surface area contributed by atoms with Gasteiger partial charge in [0.2, 0.25) is 0 Å². The van der Waals surface area contributed by atoms with Gasteiger partial charge in [0.15, 0.2) is 0 Å². The third-order valence-corrected chi connectivity index (χ3v) is 2.16. The zero-order valence-electron chi connectivity index (χ0n) is 10.5. The molecule has 4 nitrogen and oxygen atoms in total. The van der Waals surface area contributed by atoms with Crippen LogP contribution in [0.3, 0.4) is 0 Å². The van der Waals surface area contributed by atoms with Gasteiger partial charge in [0.05, 0.1) is 6.61 Å². The van der Waals surface area contributed by atoms with Crippen LogP contribution in [0.4, 0.5) is 0 Å². The first-order valence-electron chi connectivity index (χ1n) is 5.74. The summed E-state index contributed by atoms with van der Waals surface area (Å²) in [5.74, 6) is -1.04. The van der Waals surface area contributed by atoms with Gasteiger partial charge in [-0.3, -0.25) is 0 Å². The molecule has 0 saturated heterocycles. The molecule has 96 valence electrons. The average Bonchev–Trinajstić information content (AvgIpc) is 2.15. The van der Waals surface area contributed by atoms with Crippen molar-refractivity contribution in [2.75, 3.05) is 6.61 Å². The Morgan fingerprint density at radius 1 is 1.53 bits per heavy atom. The van der Waals surface area contributed by atoms with E-state index >= 15 is 0 Å². The molecule has 1 aliphatic rings. The second kappa shape index (κ2) is 8.56. The molecule has 0 bridgehead atoms. The van der Waals surface area contributed by atoms with Crippen LogP contribution in [-0.2, 0) is 14.3 Å². The summed E-state index contributed by atoms with van der Waals surface area (Å²) in [7, 11) is 0. The molecule has 0 amide bonds. The normalized spacial score (nSPS) is 12.5. The van der Waals surface area contributed by atoms with Crippen LogP contribution < -0.4 is 0 Å². The van der Waals surface area contributed by atoms with Gasteiger partial charge in [-0.15, -0.1) is 0 Å². The predicted octanol–water partition coefficient (Wildman–Crippen LogP) is 2.70. The van der Waals surface area contributed by atoms with Crippen LogP contribution in [0.5, 0.6) is 0 Å². The summed E-state index contributed by atoms with van der Waals surface area (Å²) >= 11 is 0. The zero-order chi connectivity index (χ0) is 13.3. The Morgan fingerprint density at radius 3 is 2.35 bits per heavy atom. The molecule has 0 radical (unpaired) electrons. The maximum absolute atomic E-state index is 10.7. The fourth-order valence-electron chi connectivity index (χ4n) is 0.915. The minimum atomic E-state index is -0.758. The van der Waals surface area contributed by atoms with Gasteiger partial charge in [0, 0.05) is 11.1 Å². The van der Waals surface area contributed by atoms with E-state index in [2.05, 4.69) is 13.5 Å². The van der Waals surface area contributed by atoms with Gasteiger partial charge >= 0.3 is 11.9 Å². The molecule has 0 spiro atoms. The molecule has 0 aromatic rings. The number of carbonyl (C=O) groups excluding carboxylic acids is 1. The Kier molecular flexibility index (Phi) is 7.76. The monoisotopic (exact) mass is 240 g/mol. The molecule has 0 aromatic carbocycles. The summed E-state index contributed by atoms with van der Waals surface area (Å²) in [4.78, 5) is 20.6. The molecule has 0 aromatic heterocycles. The number of ether oxygens (including phenoxy) is 1. The van der Waals surface area contributed by atoms with Crippen LogP contribution >= 0.6 is 0 Å². The van der Waals surface area contributed by atoms with E-state index in [0.29, 0.717) is 17.8 Å². The van der Waals surface area contributed by atoms with Crippen LogP contribution in [0.25, 0.3) is 0 Å². The fraction of sp³-hybridized carbons (Fsp3) is 0.538. The number of carbonyl (C=O) groups is 2. The standard InChI is InChI=1S/C8H14O2.C5H6O2/c1-4-5-6-10-8(9)7(2)3;6-5(7)4-2-1-3-4/h2,4-6H2,1,3H3;2H,1,3H2,(H,6,7). The van der Waals surface area contributed by atoms with E-state index in [-0.39, 0.29) is 5.97 Å². The molecular formula is C13H20O4. The molecule has 1 aliphatic carbocycles. The second-order valence-electron chi connectivity index (χ2n) is 3.84. The van der Waals surface area contributed by atoms with Gasteiger partial charge in [-0.05, 0) is 26.2 Å². The number of allylic oxidation sites excluding steroid dienone is 1. The third-order valence-electron chi connectivity index (χ3n) is 2.16. The Labute approximate surface area is 102 Å². The molecule has 1 rings (SSSR count). The number of carboxylic acid groups (broad SMARTS) is 1. The van der Waals surface area contributed by atoms with E-state index in [1.807, 2.05) is 0 Å². The molecule has 17 heavy (non-hydrogen) atoms. The lowest BCUT2D eigenvalue weighted by molar-refractivity contribution is -0.139. The highest BCUT2D eigenvalue weighted by atomic mass is 16.5. The van der Waals surface area contributed by atoms with Crippen LogP contribution in [0.2, 0.25) is 0 Å². The van der Waals surface area contributed by atoms with E-state index in [1.165, 1.54) is 0 Å². The van der Waals surface area contributed by atoms with E-state index in [4.69, 9.17) is 9.84 Å². The zero-order valence-corrected chi connectivity index (χ0v) is 10.5. The van der Waals surface area contributed by atoms with Crippen LogP contribution in [0.1, 0.15) is 39.5 Å². The smallest absolute Gasteiger partial charge is 0.333 e. The molecule has 0 aliphatic heterocycles. The Bertz CT molecular complexity index is 315.